The zero-order chi connectivity index (χ0) is 17.7. The van der Waals surface area contributed by atoms with Gasteiger partial charge in [0, 0.05) is 11.3 Å². The zero-order valence-corrected chi connectivity index (χ0v) is 14.4. The molecule has 2 rings (SSSR count). The first kappa shape index (κ1) is 17.8. The molecule has 0 aliphatic carbocycles. The number of amides is 1. The number of hydrogen-bond donors (Lipinski definition) is 1. The van der Waals surface area contributed by atoms with E-state index >= 15 is 0 Å². The Morgan fingerprint density at radius 3 is 2.71 bits per heavy atom. The van der Waals surface area contributed by atoms with E-state index in [1.54, 1.807) is 0 Å². The number of rotatable bonds is 6. The summed E-state index contributed by atoms with van der Waals surface area (Å²) in [7, 11) is 1.43. The normalized spacial score (nSPS) is 10.2. The second-order valence-electron chi connectivity index (χ2n) is 5.24. The summed E-state index contributed by atoms with van der Waals surface area (Å²) in [5, 5.41) is 3.00. The lowest BCUT2D eigenvalue weighted by molar-refractivity contribution is -0.118. The van der Waals surface area contributed by atoms with E-state index in [9.17, 15) is 9.59 Å². The number of halogens is 1. The van der Waals surface area contributed by atoms with Crippen LogP contribution in [0.1, 0.15) is 21.5 Å². The number of benzene rings is 2. The van der Waals surface area contributed by atoms with E-state index in [4.69, 9.17) is 21.1 Å². The molecule has 0 saturated carbocycles. The lowest BCUT2D eigenvalue weighted by Crippen LogP contribution is -2.21. The highest BCUT2D eigenvalue weighted by Crippen LogP contribution is 2.36. The molecule has 0 atom stereocenters. The molecule has 6 heteroatoms. The van der Waals surface area contributed by atoms with Gasteiger partial charge in [0.15, 0.2) is 18.1 Å². The molecule has 0 bridgehead atoms. The quantitative estimate of drug-likeness (QED) is 0.807. The molecule has 0 aromatic heterocycles. The minimum absolute atomic E-state index is 0.205. The van der Waals surface area contributed by atoms with Crippen molar-refractivity contribution in [2.75, 3.05) is 19.0 Å². The molecule has 1 N–H and O–H groups in total. The Kier molecular flexibility index (Phi) is 5.82. The van der Waals surface area contributed by atoms with Crippen LogP contribution in [0.3, 0.4) is 0 Å². The summed E-state index contributed by atoms with van der Waals surface area (Å²) in [6, 6.07) is 8.62. The van der Waals surface area contributed by atoms with Crippen LogP contribution in [0.5, 0.6) is 11.5 Å². The molecule has 0 aliphatic rings. The van der Waals surface area contributed by atoms with Crippen molar-refractivity contribution in [1.29, 1.82) is 0 Å². The van der Waals surface area contributed by atoms with Gasteiger partial charge in [0.05, 0.1) is 12.1 Å². The average molecular weight is 348 g/mol. The molecule has 2 aromatic carbocycles. The molecule has 2 aromatic rings. The minimum atomic E-state index is -0.318. The Bertz CT molecular complexity index is 774. The van der Waals surface area contributed by atoms with Crippen molar-refractivity contribution in [3.8, 4) is 11.5 Å². The lowest BCUT2D eigenvalue weighted by Gasteiger charge is -2.14. The van der Waals surface area contributed by atoms with E-state index in [2.05, 4.69) is 5.32 Å². The van der Waals surface area contributed by atoms with Gasteiger partial charge in [0.1, 0.15) is 6.29 Å². The van der Waals surface area contributed by atoms with Gasteiger partial charge in [-0.15, -0.1) is 0 Å². The number of aldehydes is 1. The molecular formula is C18H18ClNO4. The van der Waals surface area contributed by atoms with Crippen LogP contribution in [0.15, 0.2) is 30.3 Å². The van der Waals surface area contributed by atoms with Crippen LogP contribution < -0.4 is 14.8 Å². The van der Waals surface area contributed by atoms with E-state index in [-0.39, 0.29) is 23.3 Å². The van der Waals surface area contributed by atoms with Gasteiger partial charge in [0.2, 0.25) is 0 Å². The smallest absolute Gasteiger partial charge is 0.262 e. The van der Waals surface area contributed by atoms with E-state index in [0.717, 1.165) is 16.8 Å². The van der Waals surface area contributed by atoms with Gasteiger partial charge in [-0.25, -0.2) is 0 Å². The molecule has 0 unspecified atom stereocenters. The maximum absolute atomic E-state index is 12.1. The van der Waals surface area contributed by atoms with Crippen LogP contribution in [0.25, 0.3) is 0 Å². The van der Waals surface area contributed by atoms with Crippen LogP contribution in [-0.2, 0) is 4.79 Å². The first-order valence-electron chi connectivity index (χ1n) is 7.27. The summed E-state index contributed by atoms with van der Waals surface area (Å²) in [5.74, 6) is 0.200. The van der Waals surface area contributed by atoms with Crippen molar-refractivity contribution in [3.05, 3.63) is 52.0 Å². The average Bonchev–Trinajstić information content (AvgIpc) is 2.57. The number of carbonyl (C=O) groups excluding carboxylic acids is 2. The number of hydrogen-bond acceptors (Lipinski definition) is 4. The number of nitrogens with one attached hydrogen (secondary N) is 1. The van der Waals surface area contributed by atoms with Gasteiger partial charge in [-0.05, 0) is 43.2 Å². The van der Waals surface area contributed by atoms with Crippen molar-refractivity contribution < 1.29 is 19.1 Å². The predicted molar refractivity (Wildman–Crippen MR) is 93.4 cm³/mol. The fourth-order valence-electron chi connectivity index (χ4n) is 2.16. The first-order chi connectivity index (χ1) is 11.5. The Balaban J connectivity index is 2.09. The predicted octanol–water partition coefficient (Wildman–Crippen LogP) is 3.80. The molecule has 1 amide bonds. The Morgan fingerprint density at radius 1 is 1.29 bits per heavy atom. The van der Waals surface area contributed by atoms with Gasteiger partial charge in [-0.2, -0.15) is 0 Å². The van der Waals surface area contributed by atoms with Gasteiger partial charge < -0.3 is 14.8 Å². The highest BCUT2D eigenvalue weighted by molar-refractivity contribution is 6.32. The number of ether oxygens (including phenoxy) is 2. The molecule has 0 saturated heterocycles. The lowest BCUT2D eigenvalue weighted by atomic mass is 10.1. The van der Waals surface area contributed by atoms with Crippen molar-refractivity contribution in [2.24, 2.45) is 0 Å². The Morgan fingerprint density at radius 2 is 2.04 bits per heavy atom. The summed E-state index contributed by atoms with van der Waals surface area (Å²) in [4.78, 5) is 23.0. The van der Waals surface area contributed by atoms with E-state index in [0.29, 0.717) is 17.6 Å². The van der Waals surface area contributed by atoms with E-state index < -0.39 is 0 Å². The molecule has 5 nitrogen and oxygen atoms in total. The fraction of sp³-hybridized carbons (Fsp3) is 0.222. The van der Waals surface area contributed by atoms with Crippen LogP contribution in [0.2, 0.25) is 5.02 Å². The van der Waals surface area contributed by atoms with E-state index in [1.165, 1.54) is 19.2 Å². The second kappa shape index (κ2) is 7.84. The van der Waals surface area contributed by atoms with Gasteiger partial charge in [-0.1, -0.05) is 23.7 Å². The van der Waals surface area contributed by atoms with Gasteiger partial charge >= 0.3 is 0 Å². The van der Waals surface area contributed by atoms with Crippen LogP contribution >= 0.6 is 11.6 Å². The molecule has 0 spiro atoms. The van der Waals surface area contributed by atoms with Crippen molar-refractivity contribution in [2.45, 2.75) is 13.8 Å². The maximum Gasteiger partial charge on any atom is 0.262 e. The van der Waals surface area contributed by atoms with E-state index in [1.807, 2.05) is 32.0 Å². The molecule has 126 valence electrons. The van der Waals surface area contributed by atoms with Gasteiger partial charge in [0.25, 0.3) is 5.91 Å². The zero-order valence-electron chi connectivity index (χ0n) is 13.7. The third-order valence-electron chi connectivity index (χ3n) is 3.61. The van der Waals surface area contributed by atoms with Crippen LogP contribution in [0.4, 0.5) is 5.69 Å². The monoisotopic (exact) mass is 347 g/mol. The highest BCUT2D eigenvalue weighted by atomic mass is 35.5. The summed E-state index contributed by atoms with van der Waals surface area (Å²) in [6.07, 6.45) is 0.658. The standard InChI is InChI=1S/C18H18ClNO4/c1-11-5-4-6-15(12(11)2)20-17(22)10-24-18-14(19)7-13(9-21)8-16(18)23-3/h4-9H,10H2,1-3H3,(H,20,22). The molecule has 0 aliphatic heterocycles. The second-order valence-corrected chi connectivity index (χ2v) is 5.64. The molecular weight excluding hydrogens is 330 g/mol. The number of anilines is 1. The van der Waals surface area contributed by atoms with Crippen molar-refractivity contribution in [3.63, 3.8) is 0 Å². The third kappa shape index (κ3) is 4.06. The van der Waals surface area contributed by atoms with Gasteiger partial charge in [-0.3, -0.25) is 9.59 Å². The topological polar surface area (TPSA) is 64.6 Å². The Labute approximate surface area is 145 Å². The van der Waals surface area contributed by atoms with Crippen molar-refractivity contribution >= 4 is 29.5 Å². The number of methoxy groups -OCH3 is 1. The first-order valence-corrected chi connectivity index (χ1v) is 7.65. The minimum Gasteiger partial charge on any atom is -0.493 e. The summed E-state index contributed by atoms with van der Waals surface area (Å²) in [6.45, 7) is 3.68. The molecule has 0 heterocycles. The van der Waals surface area contributed by atoms with Crippen LogP contribution in [0, 0.1) is 13.8 Å². The summed E-state index contributed by atoms with van der Waals surface area (Å²) < 4.78 is 10.6. The van der Waals surface area contributed by atoms with Crippen molar-refractivity contribution in [1.82, 2.24) is 0 Å². The molecule has 0 fully saturated rings. The number of carbonyl (C=O) groups is 2. The fourth-order valence-corrected chi connectivity index (χ4v) is 2.43. The highest BCUT2D eigenvalue weighted by Gasteiger charge is 2.14. The Hall–Kier alpha value is -2.53. The summed E-state index contributed by atoms with van der Waals surface area (Å²) in [5.41, 5.74) is 3.18. The third-order valence-corrected chi connectivity index (χ3v) is 3.89. The summed E-state index contributed by atoms with van der Waals surface area (Å²) >= 11 is 6.09. The maximum atomic E-state index is 12.1. The number of aryl methyl sites for hydroxylation is 1. The molecule has 0 radical (unpaired) electrons. The van der Waals surface area contributed by atoms with Crippen LogP contribution in [-0.4, -0.2) is 25.9 Å². The molecule has 24 heavy (non-hydrogen) atoms. The SMILES string of the molecule is COc1cc(C=O)cc(Cl)c1OCC(=O)Nc1cccc(C)c1C. The largest absolute Gasteiger partial charge is 0.493 e.